The van der Waals surface area contributed by atoms with Crippen molar-refractivity contribution in [1.82, 2.24) is 20.4 Å². The summed E-state index contributed by atoms with van der Waals surface area (Å²) in [4.78, 5) is 27.8. The molecule has 126 valence electrons. The predicted molar refractivity (Wildman–Crippen MR) is 86.7 cm³/mol. The number of piperidine rings is 1. The van der Waals surface area contributed by atoms with Gasteiger partial charge < -0.3 is 20.4 Å². The van der Waals surface area contributed by atoms with Gasteiger partial charge in [-0.1, -0.05) is 6.92 Å². The van der Waals surface area contributed by atoms with E-state index in [2.05, 4.69) is 22.5 Å². The summed E-state index contributed by atoms with van der Waals surface area (Å²) < 4.78 is 0. The first-order chi connectivity index (χ1) is 10.6. The highest BCUT2D eigenvalue weighted by Gasteiger charge is 2.17. The summed E-state index contributed by atoms with van der Waals surface area (Å²) in [5.74, 6) is 0.987. The molecule has 22 heavy (non-hydrogen) atoms. The third-order valence-electron chi connectivity index (χ3n) is 4.67. The van der Waals surface area contributed by atoms with E-state index in [0.29, 0.717) is 19.5 Å². The number of carbonyl (C=O) groups excluding carboxylic acids is 2. The molecule has 0 atom stereocenters. The summed E-state index contributed by atoms with van der Waals surface area (Å²) in [6.07, 6.45) is 5.12. The molecule has 2 aliphatic rings. The summed E-state index contributed by atoms with van der Waals surface area (Å²) in [6, 6.07) is -0.167. The van der Waals surface area contributed by atoms with Crippen LogP contribution in [0.1, 0.15) is 39.0 Å². The van der Waals surface area contributed by atoms with Crippen LogP contribution in [0.3, 0.4) is 0 Å². The van der Waals surface area contributed by atoms with Gasteiger partial charge in [0.15, 0.2) is 0 Å². The normalized spacial score (nSPS) is 20.1. The molecule has 2 saturated heterocycles. The molecule has 2 N–H and O–H groups in total. The maximum Gasteiger partial charge on any atom is 0.314 e. The maximum absolute atomic E-state index is 11.8. The molecule has 0 saturated carbocycles. The van der Waals surface area contributed by atoms with Crippen molar-refractivity contribution >= 4 is 11.9 Å². The number of carbonyl (C=O) groups is 2. The van der Waals surface area contributed by atoms with Crippen LogP contribution < -0.4 is 10.6 Å². The van der Waals surface area contributed by atoms with Crippen LogP contribution in [0.4, 0.5) is 4.79 Å². The molecule has 6 nitrogen and oxygen atoms in total. The molecule has 2 fully saturated rings. The molecular formula is C16H30N4O2. The Morgan fingerprint density at radius 3 is 2.32 bits per heavy atom. The summed E-state index contributed by atoms with van der Waals surface area (Å²) in [5, 5.41) is 5.63. The molecule has 0 unspecified atom stereocenters. The monoisotopic (exact) mass is 310 g/mol. The SMILES string of the molecule is CC1CCN(CCNC(=O)NCCC(=O)N2CCCC2)CC1. The molecule has 2 rings (SSSR count). The number of rotatable bonds is 6. The van der Waals surface area contributed by atoms with Gasteiger partial charge in [-0.3, -0.25) is 4.79 Å². The number of nitrogens with zero attached hydrogens (tertiary/aromatic N) is 2. The highest BCUT2D eigenvalue weighted by molar-refractivity contribution is 5.78. The molecule has 3 amide bonds. The summed E-state index contributed by atoms with van der Waals surface area (Å²) >= 11 is 0. The Bertz CT molecular complexity index is 361. The van der Waals surface area contributed by atoms with E-state index in [1.807, 2.05) is 4.90 Å². The van der Waals surface area contributed by atoms with Crippen LogP contribution >= 0.6 is 0 Å². The second-order valence-corrected chi connectivity index (χ2v) is 6.54. The van der Waals surface area contributed by atoms with Gasteiger partial charge in [0.05, 0.1) is 0 Å². The highest BCUT2D eigenvalue weighted by Crippen LogP contribution is 2.15. The van der Waals surface area contributed by atoms with E-state index in [9.17, 15) is 9.59 Å². The van der Waals surface area contributed by atoms with Crippen LogP contribution in [0.2, 0.25) is 0 Å². The van der Waals surface area contributed by atoms with Crippen LogP contribution in [-0.2, 0) is 4.79 Å². The first-order valence-electron chi connectivity index (χ1n) is 8.67. The second kappa shape index (κ2) is 8.98. The minimum atomic E-state index is -0.167. The van der Waals surface area contributed by atoms with Crippen LogP contribution in [0.25, 0.3) is 0 Å². The lowest BCUT2D eigenvalue weighted by Gasteiger charge is -2.30. The molecule has 0 bridgehead atoms. The molecule has 2 aliphatic heterocycles. The van der Waals surface area contributed by atoms with Gasteiger partial charge in [-0.25, -0.2) is 4.79 Å². The fourth-order valence-corrected chi connectivity index (χ4v) is 3.08. The van der Waals surface area contributed by atoms with Gasteiger partial charge in [0, 0.05) is 39.1 Å². The maximum atomic E-state index is 11.8. The minimum absolute atomic E-state index is 0.153. The van der Waals surface area contributed by atoms with E-state index in [4.69, 9.17) is 0 Å². The molecule has 0 aromatic rings. The van der Waals surface area contributed by atoms with Gasteiger partial charge in [0.1, 0.15) is 0 Å². The Morgan fingerprint density at radius 1 is 1.00 bits per heavy atom. The number of urea groups is 1. The van der Waals surface area contributed by atoms with Crippen LogP contribution in [-0.4, -0.2) is 67.6 Å². The van der Waals surface area contributed by atoms with Gasteiger partial charge >= 0.3 is 6.03 Å². The molecule has 0 aromatic carbocycles. The fourth-order valence-electron chi connectivity index (χ4n) is 3.08. The summed E-state index contributed by atoms with van der Waals surface area (Å²) in [5.41, 5.74) is 0. The highest BCUT2D eigenvalue weighted by atomic mass is 16.2. The number of hydrogen-bond donors (Lipinski definition) is 2. The van der Waals surface area contributed by atoms with Gasteiger partial charge in [0.25, 0.3) is 0 Å². The Morgan fingerprint density at radius 2 is 1.64 bits per heavy atom. The molecule has 0 spiro atoms. The van der Waals surface area contributed by atoms with E-state index < -0.39 is 0 Å². The third kappa shape index (κ3) is 5.83. The van der Waals surface area contributed by atoms with E-state index in [1.165, 1.54) is 12.8 Å². The zero-order chi connectivity index (χ0) is 15.8. The predicted octanol–water partition coefficient (Wildman–Crippen LogP) is 1.03. The number of amides is 3. The van der Waals surface area contributed by atoms with Crippen LogP contribution in [0.5, 0.6) is 0 Å². The lowest BCUT2D eigenvalue weighted by Crippen LogP contribution is -2.43. The van der Waals surface area contributed by atoms with Crippen molar-refractivity contribution in [3.8, 4) is 0 Å². The van der Waals surface area contributed by atoms with Gasteiger partial charge in [0.2, 0.25) is 5.91 Å². The number of nitrogens with one attached hydrogen (secondary N) is 2. The summed E-state index contributed by atoms with van der Waals surface area (Å²) in [6.45, 7) is 8.31. The Labute approximate surface area is 133 Å². The third-order valence-corrected chi connectivity index (χ3v) is 4.67. The van der Waals surface area contributed by atoms with Crippen molar-refractivity contribution in [3.63, 3.8) is 0 Å². The van der Waals surface area contributed by atoms with Crippen molar-refractivity contribution < 1.29 is 9.59 Å². The first kappa shape index (κ1) is 17.1. The number of hydrogen-bond acceptors (Lipinski definition) is 3. The van der Waals surface area contributed by atoms with Gasteiger partial charge in [-0.05, 0) is 44.7 Å². The quantitative estimate of drug-likeness (QED) is 0.770. The fraction of sp³-hybridized carbons (Fsp3) is 0.875. The van der Waals surface area contributed by atoms with Crippen LogP contribution in [0.15, 0.2) is 0 Å². The average Bonchev–Trinajstić information content (AvgIpc) is 3.03. The van der Waals surface area contributed by atoms with Crippen molar-refractivity contribution in [3.05, 3.63) is 0 Å². The van der Waals surface area contributed by atoms with Gasteiger partial charge in [-0.15, -0.1) is 0 Å². The lowest BCUT2D eigenvalue weighted by atomic mass is 9.99. The standard InChI is InChI=1S/C16H30N4O2/c1-14-5-11-19(12-6-14)13-8-18-16(22)17-7-4-15(21)20-9-2-3-10-20/h14H,2-13H2,1H3,(H2,17,18,22). The van der Waals surface area contributed by atoms with Crippen molar-refractivity contribution in [1.29, 1.82) is 0 Å². The molecule has 6 heteroatoms. The zero-order valence-corrected chi connectivity index (χ0v) is 13.8. The Hall–Kier alpha value is -1.30. The average molecular weight is 310 g/mol. The Kier molecular flexibility index (Phi) is 6.96. The van der Waals surface area contributed by atoms with E-state index in [1.54, 1.807) is 0 Å². The van der Waals surface area contributed by atoms with Crippen LogP contribution in [0, 0.1) is 5.92 Å². The lowest BCUT2D eigenvalue weighted by molar-refractivity contribution is -0.129. The molecule has 2 heterocycles. The van der Waals surface area contributed by atoms with E-state index in [-0.39, 0.29) is 11.9 Å². The van der Waals surface area contributed by atoms with E-state index in [0.717, 1.165) is 51.5 Å². The minimum Gasteiger partial charge on any atom is -0.343 e. The molecule has 0 aliphatic carbocycles. The number of likely N-dealkylation sites (tertiary alicyclic amines) is 2. The first-order valence-corrected chi connectivity index (χ1v) is 8.67. The molecule has 0 aromatic heterocycles. The summed E-state index contributed by atoms with van der Waals surface area (Å²) in [7, 11) is 0. The zero-order valence-electron chi connectivity index (χ0n) is 13.8. The molecular weight excluding hydrogens is 280 g/mol. The Balaban J connectivity index is 1.48. The van der Waals surface area contributed by atoms with E-state index >= 15 is 0 Å². The smallest absolute Gasteiger partial charge is 0.314 e. The molecule has 0 radical (unpaired) electrons. The largest absolute Gasteiger partial charge is 0.343 e. The van der Waals surface area contributed by atoms with Crippen molar-refractivity contribution in [2.24, 2.45) is 5.92 Å². The van der Waals surface area contributed by atoms with Crippen molar-refractivity contribution in [2.75, 3.05) is 45.8 Å². The topological polar surface area (TPSA) is 64.7 Å². The van der Waals surface area contributed by atoms with Gasteiger partial charge in [-0.2, -0.15) is 0 Å². The second-order valence-electron chi connectivity index (χ2n) is 6.54. The van der Waals surface area contributed by atoms with Crippen molar-refractivity contribution in [2.45, 2.75) is 39.0 Å².